The molecule has 0 saturated heterocycles. The molecule has 0 radical (unpaired) electrons. The van der Waals surface area contributed by atoms with E-state index in [4.69, 9.17) is 17.3 Å². The fourth-order valence-electron chi connectivity index (χ4n) is 1.25. The Hall–Kier alpha value is -0.740. The van der Waals surface area contributed by atoms with Crippen molar-refractivity contribution in [3.63, 3.8) is 0 Å². The summed E-state index contributed by atoms with van der Waals surface area (Å²) in [6.45, 7) is 3.40. The lowest BCUT2D eigenvalue weighted by Gasteiger charge is -2.13. The van der Waals surface area contributed by atoms with Gasteiger partial charge in [0, 0.05) is 25.0 Å². The number of unbranched alkanes of at least 4 members (excludes halogenated alkanes) is 3. The molecule has 4 nitrogen and oxygen atoms in total. The largest absolute Gasteiger partial charge is 0.401 e. The van der Waals surface area contributed by atoms with Gasteiger partial charge >= 0.3 is 0 Å². The fourth-order valence-corrected chi connectivity index (χ4v) is 1.25. The molecular formula is C10H24N4. The van der Waals surface area contributed by atoms with Crippen molar-refractivity contribution >= 4 is 0 Å². The Morgan fingerprint density at radius 2 is 2.00 bits per heavy atom. The lowest BCUT2D eigenvalue weighted by atomic mass is 10.1. The van der Waals surface area contributed by atoms with Crippen LogP contribution in [0.4, 0.5) is 0 Å². The molecule has 0 heterocycles. The Morgan fingerprint density at radius 3 is 2.57 bits per heavy atom. The summed E-state index contributed by atoms with van der Waals surface area (Å²) in [7, 11) is 0. The Balaban J connectivity index is 3.55. The second kappa shape index (κ2) is 8.84. The van der Waals surface area contributed by atoms with Crippen molar-refractivity contribution in [3.05, 3.63) is 11.9 Å². The second-order valence-electron chi connectivity index (χ2n) is 3.54. The van der Waals surface area contributed by atoms with E-state index >= 15 is 0 Å². The van der Waals surface area contributed by atoms with Gasteiger partial charge in [-0.15, -0.1) is 0 Å². The van der Waals surface area contributed by atoms with E-state index in [9.17, 15) is 0 Å². The molecule has 0 unspecified atom stereocenters. The normalized spacial score (nSPS) is 11.8. The highest BCUT2D eigenvalue weighted by molar-refractivity contribution is 4.94. The van der Waals surface area contributed by atoms with Crippen LogP contribution in [-0.2, 0) is 0 Å². The van der Waals surface area contributed by atoms with Crippen LogP contribution in [0, 0.1) is 0 Å². The quantitative estimate of drug-likeness (QED) is 0.309. The van der Waals surface area contributed by atoms with Crippen LogP contribution in [0.25, 0.3) is 0 Å². The lowest BCUT2D eigenvalue weighted by molar-refractivity contribution is 0.398. The van der Waals surface area contributed by atoms with E-state index in [-0.39, 0.29) is 0 Å². The summed E-state index contributed by atoms with van der Waals surface area (Å²) in [5.74, 6) is 5.61. The maximum absolute atomic E-state index is 5.79. The van der Waals surface area contributed by atoms with Crippen molar-refractivity contribution in [3.8, 4) is 0 Å². The van der Waals surface area contributed by atoms with Crippen molar-refractivity contribution in [2.24, 2.45) is 17.3 Å². The summed E-state index contributed by atoms with van der Waals surface area (Å²) in [4.78, 5) is 0. The van der Waals surface area contributed by atoms with Gasteiger partial charge in [0.2, 0.25) is 0 Å². The molecule has 0 aromatic rings. The molecule has 0 fully saturated rings. The van der Waals surface area contributed by atoms with Crippen LogP contribution in [0.1, 0.15) is 39.0 Å². The third-order valence-electron chi connectivity index (χ3n) is 2.04. The van der Waals surface area contributed by atoms with E-state index in [0.717, 1.165) is 18.5 Å². The molecule has 0 amide bonds. The molecule has 0 aromatic heterocycles. The molecule has 14 heavy (non-hydrogen) atoms. The Kier molecular flexibility index (Phi) is 8.37. The Labute approximate surface area is 87.1 Å². The zero-order chi connectivity index (χ0) is 10.8. The van der Waals surface area contributed by atoms with Crippen LogP contribution in [0.15, 0.2) is 11.9 Å². The van der Waals surface area contributed by atoms with Crippen molar-refractivity contribution in [1.82, 2.24) is 5.01 Å². The standard InChI is InChI=1S/C10H24N4/c1-2-3-4-5-6-10(12)9-14(13)8-7-11/h9H,2-8,11-13H2,1H3/b10-9-. The number of hydrogen-bond acceptors (Lipinski definition) is 4. The summed E-state index contributed by atoms with van der Waals surface area (Å²) in [6.07, 6.45) is 7.62. The summed E-state index contributed by atoms with van der Waals surface area (Å²) >= 11 is 0. The number of nitrogens with two attached hydrogens (primary N) is 3. The minimum Gasteiger partial charge on any atom is -0.401 e. The fraction of sp³-hybridized carbons (Fsp3) is 0.800. The first-order chi connectivity index (χ1) is 6.70. The number of allylic oxidation sites excluding steroid dienone is 1. The first-order valence-electron chi connectivity index (χ1n) is 5.38. The van der Waals surface area contributed by atoms with Gasteiger partial charge < -0.3 is 16.5 Å². The first kappa shape index (κ1) is 13.3. The maximum Gasteiger partial charge on any atom is 0.0458 e. The molecule has 0 aliphatic rings. The van der Waals surface area contributed by atoms with Gasteiger partial charge in [0.25, 0.3) is 0 Å². The summed E-state index contributed by atoms with van der Waals surface area (Å²) in [5.41, 5.74) is 12.0. The third-order valence-corrected chi connectivity index (χ3v) is 2.04. The van der Waals surface area contributed by atoms with E-state index in [2.05, 4.69) is 6.92 Å². The first-order valence-corrected chi connectivity index (χ1v) is 5.38. The van der Waals surface area contributed by atoms with Crippen LogP contribution < -0.4 is 17.3 Å². The summed E-state index contributed by atoms with van der Waals surface area (Å²) in [6, 6.07) is 0. The van der Waals surface area contributed by atoms with Crippen LogP contribution in [-0.4, -0.2) is 18.1 Å². The molecule has 84 valence electrons. The molecule has 0 spiro atoms. The minimum absolute atomic E-state index is 0.552. The van der Waals surface area contributed by atoms with E-state index in [1.165, 1.54) is 19.3 Å². The highest BCUT2D eigenvalue weighted by Gasteiger charge is 1.95. The lowest BCUT2D eigenvalue weighted by Crippen LogP contribution is -2.31. The number of nitrogens with zero attached hydrogens (tertiary/aromatic N) is 1. The zero-order valence-electron chi connectivity index (χ0n) is 9.21. The summed E-state index contributed by atoms with van der Waals surface area (Å²) in [5, 5.41) is 1.55. The van der Waals surface area contributed by atoms with Gasteiger partial charge in [-0.05, 0) is 12.8 Å². The molecule has 6 N–H and O–H groups in total. The van der Waals surface area contributed by atoms with Crippen LogP contribution in [0.2, 0.25) is 0 Å². The average molecular weight is 200 g/mol. The SMILES string of the molecule is CCCCCC/C(N)=C/N(N)CCN. The van der Waals surface area contributed by atoms with Gasteiger partial charge in [-0.3, -0.25) is 0 Å². The van der Waals surface area contributed by atoms with Crippen molar-refractivity contribution in [1.29, 1.82) is 0 Å². The zero-order valence-corrected chi connectivity index (χ0v) is 9.21. The van der Waals surface area contributed by atoms with E-state index < -0.39 is 0 Å². The third kappa shape index (κ3) is 7.89. The van der Waals surface area contributed by atoms with Crippen molar-refractivity contribution < 1.29 is 0 Å². The van der Waals surface area contributed by atoms with Crippen molar-refractivity contribution in [2.75, 3.05) is 13.1 Å². The Bertz CT molecular complexity index is 156. The van der Waals surface area contributed by atoms with Gasteiger partial charge in [-0.1, -0.05) is 26.2 Å². The van der Waals surface area contributed by atoms with Crippen molar-refractivity contribution in [2.45, 2.75) is 39.0 Å². The molecular weight excluding hydrogens is 176 g/mol. The molecule has 0 aromatic carbocycles. The van der Waals surface area contributed by atoms with Gasteiger partial charge in [-0.25, -0.2) is 5.84 Å². The van der Waals surface area contributed by atoms with Crippen LogP contribution >= 0.6 is 0 Å². The monoisotopic (exact) mass is 200 g/mol. The molecule has 0 rings (SSSR count). The van der Waals surface area contributed by atoms with Gasteiger partial charge in [0.05, 0.1) is 0 Å². The molecule has 0 aliphatic heterocycles. The van der Waals surface area contributed by atoms with Gasteiger partial charge in [0.15, 0.2) is 0 Å². The van der Waals surface area contributed by atoms with E-state index in [0.29, 0.717) is 13.1 Å². The predicted molar refractivity (Wildman–Crippen MR) is 61.0 cm³/mol. The van der Waals surface area contributed by atoms with Gasteiger partial charge in [-0.2, -0.15) is 0 Å². The summed E-state index contributed by atoms with van der Waals surface area (Å²) < 4.78 is 0. The molecule has 0 atom stereocenters. The molecule has 0 aliphatic carbocycles. The number of hydrazine groups is 1. The Morgan fingerprint density at radius 1 is 1.29 bits per heavy atom. The average Bonchev–Trinajstić information content (AvgIpc) is 2.13. The van der Waals surface area contributed by atoms with Crippen LogP contribution in [0.5, 0.6) is 0 Å². The minimum atomic E-state index is 0.552. The van der Waals surface area contributed by atoms with E-state index in [1.54, 1.807) is 11.2 Å². The van der Waals surface area contributed by atoms with Crippen LogP contribution in [0.3, 0.4) is 0 Å². The highest BCUT2D eigenvalue weighted by Crippen LogP contribution is 2.06. The molecule has 0 bridgehead atoms. The number of rotatable bonds is 8. The smallest absolute Gasteiger partial charge is 0.0458 e. The highest BCUT2D eigenvalue weighted by atomic mass is 15.4. The number of hydrogen-bond donors (Lipinski definition) is 3. The predicted octanol–water partition coefficient (Wildman–Crippen LogP) is 0.891. The molecule has 0 saturated carbocycles. The van der Waals surface area contributed by atoms with E-state index in [1.807, 2.05) is 0 Å². The maximum atomic E-state index is 5.79. The van der Waals surface area contributed by atoms with Gasteiger partial charge in [0.1, 0.15) is 0 Å². The molecule has 4 heteroatoms. The topological polar surface area (TPSA) is 81.3 Å². The second-order valence-corrected chi connectivity index (χ2v) is 3.54.